The van der Waals surface area contributed by atoms with Crippen molar-refractivity contribution in [2.45, 2.75) is 12.6 Å². The molecular formula is C23H22ClN3O. The second-order valence-electron chi connectivity index (χ2n) is 6.83. The van der Waals surface area contributed by atoms with Crippen molar-refractivity contribution in [2.75, 3.05) is 13.1 Å². The summed E-state index contributed by atoms with van der Waals surface area (Å²) in [5.41, 5.74) is 3.23. The van der Waals surface area contributed by atoms with E-state index in [9.17, 15) is 4.79 Å². The van der Waals surface area contributed by atoms with E-state index in [4.69, 9.17) is 11.6 Å². The standard InChI is InChI=1S/C23H22ClN3O/c24-20-10-5-4-9-19(20)23-21-11-6-14-26(21)15-16-27(23)17-22(28)25-13-12-18-7-2-1-3-8-18/h1-14,23H,15-17H2,(H,25,28). The van der Waals surface area contributed by atoms with Crippen LogP contribution in [0.15, 0.2) is 79.1 Å². The van der Waals surface area contributed by atoms with Crippen LogP contribution in [-0.2, 0) is 11.3 Å². The molecule has 1 amide bonds. The maximum absolute atomic E-state index is 12.6. The van der Waals surface area contributed by atoms with E-state index in [1.54, 1.807) is 6.20 Å². The Kier molecular flexibility index (Phi) is 5.60. The van der Waals surface area contributed by atoms with E-state index < -0.39 is 0 Å². The lowest BCUT2D eigenvalue weighted by atomic mass is 10.00. The van der Waals surface area contributed by atoms with E-state index >= 15 is 0 Å². The van der Waals surface area contributed by atoms with Crippen LogP contribution in [0.3, 0.4) is 0 Å². The predicted molar refractivity (Wildman–Crippen MR) is 113 cm³/mol. The molecule has 4 rings (SSSR count). The fourth-order valence-corrected chi connectivity index (χ4v) is 3.92. The normalized spacial score (nSPS) is 16.8. The highest BCUT2D eigenvalue weighted by Gasteiger charge is 2.31. The summed E-state index contributed by atoms with van der Waals surface area (Å²) in [6, 6.07) is 21.9. The monoisotopic (exact) mass is 391 g/mol. The number of fused-ring (bicyclic) bond motifs is 1. The van der Waals surface area contributed by atoms with Crippen LogP contribution in [0.25, 0.3) is 6.08 Å². The second-order valence-corrected chi connectivity index (χ2v) is 7.24. The highest BCUT2D eigenvalue weighted by molar-refractivity contribution is 6.31. The summed E-state index contributed by atoms with van der Waals surface area (Å²) in [7, 11) is 0. The van der Waals surface area contributed by atoms with Gasteiger partial charge in [0, 0.05) is 36.2 Å². The lowest BCUT2D eigenvalue weighted by Crippen LogP contribution is -2.43. The Labute approximate surface area is 170 Å². The summed E-state index contributed by atoms with van der Waals surface area (Å²) >= 11 is 6.50. The lowest BCUT2D eigenvalue weighted by molar-refractivity contribution is -0.121. The predicted octanol–water partition coefficient (Wildman–Crippen LogP) is 4.33. The van der Waals surface area contributed by atoms with Crippen LogP contribution in [0, 0.1) is 0 Å². The minimum absolute atomic E-state index is 0.0377. The number of nitrogens with zero attached hydrogens (tertiary/aromatic N) is 2. The number of amides is 1. The van der Waals surface area contributed by atoms with Gasteiger partial charge in [-0.15, -0.1) is 0 Å². The third-order valence-corrected chi connectivity index (χ3v) is 5.35. The molecule has 2 heterocycles. The quantitative estimate of drug-likeness (QED) is 0.702. The first-order valence-corrected chi connectivity index (χ1v) is 9.74. The van der Waals surface area contributed by atoms with Crippen LogP contribution in [0.2, 0.25) is 5.02 Å². The Morgan fingerprint density at radius 1 is 1.04 bits per heavy atom. The second kappa shape index (κ2) is 8.46. The zero-order valence-electron chi connectivity index (χ0n) is 15.5. The van der Waals surface area contributed by atoms with Gasteiger partial charge < -0.3 is 9.88 Å². The van der Waals surface area contributed by atoms with Gasteiger partial charge in [0.1, 0.15) is 0 Å². The molecule has 1 aliphatic rings. The molecule has 0 saturated carbocycles. The van der Waals surface area contributed by atoms with E-state index in [-0.39, 0.29) is 11.9 Å². The highest BCUT2D eigenvalue weighted by Crippen LogP contribution is 2.35. The minimum Gasteiger partial charge on any atom is -0.348 e. The Hall–Kier alpha value is -2.82. The van der Waals surface area contributed by atoms with E-state index in [1.807, 2.05) is 66.7 Å². The lowest BCUT2D eigenvalue weighted by Gasteiger charge is -2.37. The van der Waals surface area contributed by atoms with Crippen molar-refractivity contribution in [3.63, 3.8) is 0 Å². The number of hydrogen-bond acceptors (Lipinski definition) is 2. The average molecular weight is 392 g/mol. The number of halogens is 1. The van der Waals surface area contributed by atoms with Crippen molar-refractivity contribution >= 4 is 23.6 Å². The number of hydrogen-bond donors (Lipinski definition) is 1. The van der Waals surface area contributed by atoms with Crippen LogP contribution >= 0.6 is 11.6 Å². The number of carbonyl (C=O) groups is 1. The molecule has 0 spiro atoms. The molecule has 0 radical (unpaired) electrons. The third-order valence-electron chi connectivity index (χ3n) is 5.00. The van der Waals surface area contributed by atoms with E-state index in [0.29, 0.717) is 6.54 Å². The van der Waals surface area contributed by atoms with E-state index in [2.05, 4.69) is 27.0 Å². The molecule has 0 saturated heterocycles. The smallest absolute Gasteiger partial charge is 0.238 e. The molecule has 1 aliphatic heterocycles. The number of carbonyl (C=O) groups excluding carboxylic acids is 1. The van der Waals surface area contributed by atoms with Gasteiger partial charge >= 0.3 is 0 Å². The van der Waals surface area contributed by atoms with Gasteiger partial charge in [0.25, 0.3) is 0 Å². The zero-order chi connectivity index (χ0) is 19.3. The molecule has 1 aromatic heterocycles. The summed E-state index contributed by atoms with van der Waals surface area (Å²) < 4.78 is 2.23. The van der Waals surface area contributed by atoms with E-state index in [0.717, 1.165) is 34.9 Å². The largest absolute Gasteiger partial charge is 0.348 e. The Morgan fingerprint density at radius 3 is 2.64 bits per heavy atom. The molecule has 5 heteroatoms. The maximum atomic E-state index is 12.6. The van der Waals surface area contributed by atoms with Gasteiger partial charge in [0.2, 0.25) is 5.91 Å². The highest BCUT2D eigenvalue weighted by atomic mass is 35.5. The van der Waals surface area contributed by atoms with Crippen molar-refractivity contribution in [2.24, 2.45) is 0 Å². The molecule has 28 heavy (non-hydrogen) atoms. The number of benzene rings is 2. The summed E-state index contributed by atoms with van der Waals surface area (Å²) in [6.07, 6.45) is 5.68. The fourth-order valence-electron chi connectivity index (χ4n) is 3.68. The first-order valence-electron chi connectivity index (χ1n) is 9.37. The SMILES string of the molecule is O=C(CN1CCn2cccc2C1c1ccccc1Cl)NC=Cc1ccccc1. The molecule has 1 atom stereocenters. The van der Waals surface area contributed by atoms with Crippen molar-refractivity contribution in [3.8, 4) is 0 Å². The van der Waals surface area contributed by atoms with Gasteiger partial charge in [-0.2, -0.15) is 0 Å². The maximum Gasteiger partial charge on any atom is 0.238 e. The molecule has 3 aromatic rings. The molecule has 2 aromatic carbocycles. The van der Waals surface area contributed by atoms with Gasteiger partial charge in [0.15, 0.2) is 0 Å². The molecule has 1 unspecified atom stereocenters. The summed E-state index contributed by atoms with van der Waals surface area (Å²) in [5, 5.41) is 3.60. The zero-order valence-corrected chi connectivity index (χ0v) is 16.2. The first kappa shape index (κ1) is 18.5. The van der Waals surface area contributed by atoms with Crippen LogP contribution in [0.1, 0.15) is 22.9 Å². The van der Waals surface area contributed by atoms with Gasteiger partial charge in [-0.3, -0.25) is 9.69 Å². The molecular weight excluding hydrogens is 370 g/mol. The number of rotatable bonds is 5. The van der Waals surface area contributed by atoms with Crippen molar-refractivity contribution in [1.82, 2.24) is 14.8 Å². The third kappa shape index (κ3) is 4.03. The molecule has 0 aliphatic carbocycles. The van der Waals surface area contributed by atoms with Crippen LogP contribution in [0.5, 0.6) is 0 Å². The summed E-state index contributed by atoms with van der Waals surface area (Å²) in [6.45, 7) is 1.95. The fraction of sp³-hybridized carbons (Fsp3) is 0.174. The Morgan fingerprint density at radius 2 is 1.82 bits per heavy atom. The molecule has 142 valence electrons. The summed E-state index contributed by atoms with van der Waals surface area (Å²) in [4.78, 5) is 14.8. The number of nitrogens with one attached hydrogen (secondary N) is 1. The topological polar surface area (TPSA) is 37.3 Å². The van der Waals surface area contributed by atoms with Crippen LogP contribution in [-0.4, -0.2) is 28.5 Å². The van der Waals surface area contributed by atoms with Crippen LogP contribution < -0.4 is 5.32 Å². The van der Waals surface area contributed by atoms with E-state index in [1.165, 1.54) is 0 Å². The van der Waals surface area contributed by atoms with Gasteiger partial charge in [-0.05, 0) is 35.4 Å². The van der Waals surface area contributed by atoms with Crippen molar-refractivity contribution < 1.29 is 4.79 Å². The molecule has 0 fully saturated rings. The van der Waals surface area contributed by atoms with Gasteiger partial charge in [-0.1, -0.05) is 60.1 Å². The average Bonchev–Trinajstić information content (AvgIpc) is 3.18. The Balaban J connectivity index is 1.50. The summed E-state index contributed by atoms with van der Waals surface area (Å²) in [5.74, 6) is -0.0377. The van der Waals surface area contributed by atoms with Crippen LogP contribution in [0.4, 0.5) is 0 Å². The molecule has 0 bridgehead atoms. The van der Waals surface area contributed by atoms with Crippen molar-refractivity contribution in [3.05, 3.63) is 101 Å². The van der Waals surface area contributed by atoms with Crippen molar-refractivity contribution in [1.29, 1.82) is 0 Å². The molecule has 1 N–H and O–H groups in total. The Bertz CT molecular complexity index is 980. The number of aromatic nitrogens is 1. The minimum atomic E-state index is -0.0405. The molecule has 4 nitrogen and oxygen atoms in total. The van der Waals surface area contributed by atoms with Gasteiger partial charge in [-0.25, -0.2) is 0 Å². The first-order chi connectivity index (χ1) is 13.7. The van der Waals surface area contributed by atoms with Gasteiger partial charge in [0.05, 0.1) is 12.6 Å².